The van der Waals surface area contributed by atoms with Crippen LogP contribution in [0.15, 0.2) is 18.2 Å². The van der Waals surface area contributed by atoms with Crippen LogP contribution in [-0.4, -0.2) is 23.3 Å². The summed E-state index contributed by atoms with van der Waals surface area (Å²) in [7, 11) is 2.10. The van der Waals surface area contributed by atoms with Crippen molar-refractivity contribution in [3.05, 3.63) is 23.8 Å². The smallest absolute Gasteiger partial charge is 0.123 e. The standard InChI is InChI=1S/C16H25NO2/c1-11-6-4-5-7-15(11)17(3)13-8-9-14(12(2)18)16(19)10-13/h8-12,15,18-19H,4-7H2,1-3H3. The van der Waals surface area contributed by atoms with E-state index in [0.717, 1.165) is 5.69 Å². The lowest BCUT2D eigenvalue weighted by molar-refractivity contribution is 0.195. The van der Waals surface area contributed by atoms with Crippen LogP contribution in [0.5, 0.6) is 5.75 Å². The van der Waals surface area contributed by atoms with E-state index in [1.807, 2.05) is 12.1 Å². The van der Waals surface area contributed by atoms with Gasteiger partial charge in [-0.25, -0.2) is 0 Å². The first kappa shape index (κ1) is 14.2. The molecular formula is C16H25NO2. The fourth-order valence-electron chi connectivity index (χ4n) is 3.17. The van der Waals surface area contributed by atoms with E-state index in [2.05, 4.69) is 18.9 Å². The summed E-state index contributed by atoms with van der Waals surface area (Å²) in [6.45, 7) is 3.98. The Balaban J connectivity index is 2.19. The number of hydrogen-bond acceptors (Lipinski definition) is 3. The maximum atomic E-state index is 9.99. The minimum absolute atomic E-state index is 0.183. The van der Waals surface area contributed by atoms with Crippen LogP contribution < -0.4 is 4.90 Å². The van der Waals surface area contributed by atoms with Gasteiger partial charge in [0.1, 0.15) is 5.75 Å². The zero-order valence-corrected chi connectivity index (χ0v) is 12.1. The predicted octanol–water partition coefficient (Wildman–Crippen LogP) is 3.46. The highest BCUT2D eigenvalue weighted by molar-refractivity contribution is 5.54. The predicted molar refractivity (Wildman–Crippen MR) is 78.6 cm³/mol. The Bertz CT molecular complexity index is 431. The molecule has 2 N–H and O–H groups in total. The SMILES string of the molecule is CC(O)c1ccc(N(C)C2CCCCC2C)cc1O. The van der Waals surface area contributed by atoms with Gasteiger partial charge in [0.15, 0.2) is 0 Å². The first-order valence-electron chi connectivity index (χ1n) is 7.24. The number of aliphatic hydroxyl groups is 1. The van der Waals surface area contributed by atoms with Crippen LogP contribution in [0.4, 0.5) is 5.69 Å². The van der Waals surface area contributed by atoms with Crippen LogP contribution in [0.3, 0.4) is 0 Å². The highest BCUT2D eigenvalue weighted by Gasteiger charge is 2.25. The molecule has 0 saturated heterocycles. The molecular weight excluding hydrogens is 238 g/mol. The number of phenols is 1. The number of rotatable bonds is 3. The van der Waals surface area contributed by atoms with Crippen LogP contribution in [0.25, 0.3) is 0 Å². The van der Waals surface area contributed by atoms with Crippen molar-refractivity contribution in [1.29, 1.82) is 0 Å². The van der Waals surface area contributed by atoms with Crippen molar-refractivity contribution in [1.82, 2.24) is 0 Å². The number of nitrogens with zero attached hydrogens (tertiary/aromatic N) is 1. The second-order valence-electron chi connectivity index (χ2n) is 5.86. The molecule has 0 radical (unpaired) electrons. The number of aliphatic hydroxyl groups excluding tert-OH is 1. The third-order valence-corrected chi connectivity index (χ3v) is 4.44. The van der Waals surface area contributed by atoms with Gasteiger partial charge in [-0.15, -0.1) is 0 Å². The second kappa shape index (κ2) is 5.83. The number of aromatic hydroxyl groups is 1. The van der Waals surface area contributed by atoms with Gasteiger partial charge in [0.2, 0.25) is 0 Å². The van der Waals surface area contributed by atoms with Crippen molar-refractivity contribution in [3.63, 3.8) is 0 Å². The topological polar surface area (TPSA) is 43.7 Å². The van der Waals surface area contributed by atoms with Crippen molar-refractivity contribution in [3.8, 4) is 5.75 Å². The van der Waals surface area contributed by atoms with Gasteiger partial charge in [-0.2, -0.15) is 0 Å². The molecule has 1 fully saturated rings. The van der Waals surface area contributed by atoms with Crippen molar-refractivity contribution >= 4 is 5.69 Å². The zero-order valence-electron chi connectivity index (χ0n) is 12.1. The molecule has 0 amide bonds. The van der Waals surface area contributed by atoms with E-state index < -0.39 is 6.10 Å². The van der Waals surface area contributed by atoms with Crippen molar-refractivity contribution in [2.24, 2.45) is 5.92 Å². The molecule has 3 atom stereocenters. The van der Waals surface area contributed by atoms with E-state index in [0.29, 0.717) is 17.5 Å². The monoisotopic (exact) mass is 263 g/mol. The molecule has 3 heteroatoms. The van der Waals surface area contributed by atoms with Crippen molar-refractivity contribution < 1.29 is 10.2 Å². The first-order chi connectivity index (χ1) is 9.00. The molecule has 1 aromatic carbocycles. The Morgan fingerprint density at radius 2 is 1.95 bits per heavy atom. The molecule has 1 aromatic rings. The van der Waals surface area contributed by atoms with E-state index >= 15 is 0 Å². The van der Waals surface area contributed by atoms with Crippen LogP contribution in [-0.2, 0) is 0 Å². The normalized spacial score (nSPS) is 25.1. The lowest BCUT2D eigenvalue weighted by atomic mass is 9.85. The Morgan fingerprint density at radius 1 is 1.26 bits per heavy atom. The van der Waals surface area contributed by atoms with Gasteiger partial charge >= 0.3 is 0 Å². The second-order valence-corrected chi connectivity index (χ2v) is 5.86. The van der Waals surface area contributed by atoms with Gasteiger partial charge in [-0.05, 0) is 31.7 Å². The third-order valence-electron chi connectivity index (χ3n) is 4.44. The molecule has 3 nitrogen and oxygen atoms in total. The molecule has 1 aliphatic rings. The molecule has 0 bridgehead atoms. The van der Waals surface area contributed by atoms with E-state index in [9.17, 15) is 10.2 Å². The molecule has 0 spiro atoms. The Hall–Kier alpha value is -1.22. The molecule has 1 aliphatic carbocycles. The summed E-state index contributed by atoms with van der Waals surface area (Å²) in [6, 6.07) is 6.12. The van der Waals surface area contributed by atoms with Crippen LogP contribution in [0.2, 0.25) is 0 Å². The molecule has 3 unspecified atom stereocenters. The van der Waals surface area contributed by atoms with Gasteiger partial charge in [-0.1, -0.05) is 25.8 Å². The molecule has 0 aromatic heterocycles. The average Bonchev–Trinajstić information content (AvgIpc) is 2.38. The van der Waals surface area contributed by atoms with Crippen LogP contribution in [0, 0.1) is 5.92 Å². The Kier molecular flexibility index (Phi) is 4.35. The van der Waals surface area contributed by atoms with Crippen molar-refractivity contribution in [2.75, 3.05) is 11.9 Å². The summed E-state index contributed by atoms with van der Waals surface area (Å²) in [4.78, 5) is 2.27. The summed E-state index contributed by atoms with van der Waals surface area (Å²) in [6.07, 6.45) is 4.49. The summed E-state index contributed by atoms with van der Waals surface area (Å²) < 4.78 is 0. The largest absolute Gasteiger partial charge is 0.507 e. The van der Waals surface area contributed by atoms with Crippen LogP contribution >= 0.6 is 0 Å². The molecule has 106 valence electrons. The molecule has 2 rings (SSSR count). The number of anilines is 1. The Morgan fingerprint density at radius 3 is 2.53 bits per heavy atom. The minimum Gasteiger partial charge on any atom is -0.507 e. The van der Waals surface area contributed by atoms with E-state index in [1.165, 1.54) is 25.7 Å². The first-order valence-corrected chi connectivity index (χ1v) is 7.24. The van der Waals surface area contributed by atoms with Gasteiger partial charge in [0.05, 0.1) is 6.10 Å². The maximum Gasteiger partial charge on any atom is 0.123 e. The highest BCUT2D eigenvalue weighted by Crippen LogP contribution is 2.33. The summed E-state index contributed by atoms with van der Waals surface area (Å²) in [5, 5.41) is 19.5. The molecule has 19 heavy (non-hydrogen) atoms. The number of hydrogen-bond donors (Lipinski definition) is 2. The number of phenolic OH excluding ortho intramolecular Hbond substituents is 1. The average molecular weight is 263 g/mol. The van der Waals surface area contributed by atoms with E-state index in [1.54, 1.807) is 13.0 Å². The summed E-state index contributed by atoms with van der Waals surface area (Å²) >= 11 is 0. The molecule has 1 saturated carbocycles. The van der Waals surface area contributed by atoms with E-state index in [4.69, 9.17) is 0 Å². The lowest BCUT2D eigenvalue weighted by Gasteiger charge is -2.37. The zero-order chi connectivity index (χ0) is 14.0. The van der Waals surface area contributed by atoms with Crippen LogP contribution in [0.1, 0.15) is 51.2 Å². The highest BCUT2D eigenvalue weighted by atomic mass is 16.3. The Labute approximate surface area is 115 Å². The maximum absolute atomic E-state index is 9.99. The van der Waals surface area contributed by atoms with Gasteiger partial charge < -0.3 is 15.1 Å². The summed E-state index contributed by atoms with van der Waals surface area (Å²) in [5.74, 6) is 0.875. The fraction of sp³-hybridized carbons (Fsp3) is 0.625. The van der Waals surface area contributed by atoms with Gasteiger partial charge in [0.25, 0.3) is 0 Å². The third kappa shape index (κ3) is 3.03. The van der Waals surface area contributed by atoms with Gasteiger partial charge in [0, 0.05) is 30.4 Å². The van der Waals surface area contributed by atoms with Gasteiger partial charge in [-0.3, -0.25) is 0 Å². The molecule has 0 aliphatic heterocycles. The fourth-order valence-corrected chi connectivity index (χ4v) is 3.17. The quantitative estimate of drug-likeness (QED) is 0.877. The summed E-state index contributed by atoms with van der Waals surface area (Å²) in [5.41, 5.74) is 1.62. The van der Waals surface area contributed by atoms with E-state index in [-0.39, 0.29) is 5.75 Å². The van der Waals surface area contributed by atoms with Crippen molar-refractivity contribution in [2.45, 2.75) is 51.7 Å². The number of benzene rings is 1. The lowest BCUT2D eigenvalue weighted by Crippen LogP contribution is -2.38. The molecule has 0 heterocycles. The minimum atomic E-state index is -0.632.